The van der Waals surface area contributed by atoms with Gasteiger partial charge in [-0.1, -0.05) is 54.6 Å². The topological polar surface area (TPSA) is 75.3 Å². The quantitative estimate of drug-likeness (QED) is 0.563. The lowest BCUT2D eigenvalue weighted by atomic mass is 9.90. The van der Waals surface area contributed by atoms with Crippen LogP contribution in [0.4, 0.5) is 4.79 Å². The highest BCUT2D eigenvalue weighted by molar-refractivity contribution is 6.16. The first-order chi connectivity index (χ1) is 11.6. The molecule has 4 rings (SSSR count). The van der Waals surface area contributed by atoms with Gasteiger partial charge in [-0.05, 0) is 33.5 Å². The van der Waals surface area contributed by atoms with Crippen LogP contribution in [0, 0.1) is 5.92 Å². The fourth-order valence-electron chi connectivity index (χ4n) is 3.25. The van der Waals surface area contributed by atoms with Crippen LogP contribution < -0.4 is 10.6 Å². The summed E-state index contributed by atoms with van der Waals surface area (Å²) < 4.78 is 0. The van der Waals surface area contributed by atoms with Gasteiger partial charge < -0.3 is 0 Å². The van der Waals surface area contributed by atoms with Gasteiger partial charge in [-0.15, -0.1) is 0 Å². The van der Waals surface area contributed by atoms with E-state index in [4.69, 9.17) is 0 Å². The molecule has 4 amide bonds. The summed E-state index contributed by atoms with van der Waals surface area (Å²) in [4.78, 5) is 35.3. The van der Waals surface area contributed by atoms with Crippen molar-refractivity contribution < 1.29 is 14.4 Å². The number of fused-ring (bicyclic) bond motifs is 3. The number of amides is 4. The third-order valence-electron chi connectivity index (χ3n) is 4.38. The molecule has 0 aliphatic carbocycles. The van der Waals surface area contributed by atoms with E-state index in [0.717, 1.165) is 27.1 Å². The van der Waals surface area contributed by atoms with Crippen LogP contribution in [0.3, 0.4) is 0 Å². The molecule has 118 valence electrons. The summed E-state index contributed by atoms with van der Waals surface area (Å²) in [6.07, 6.45) is 0.246. The predicted octanol–water partition coefficient (Wildman–Crippen LogP) is 2.52. The van der Waals surface area contributed by atoms with Gasteiger partial charge in [0.2, 0.25) is 11.8 Å². The number of hydrogen-bond acceptors (Lipinski definition) is 3. The van der Waals surface area contributed by atoms with Gasteiger partial charge >= 0.3 is 6.03 Å². The molecule has 0 bridgehead atoms. The molecule has 1 heterocycles. The summed E-state index contributed by atoms with van der Waals surface area (Å²) in [6, 6.07) is 17.2. The Balaban J connectivity index is 1.85. The molecule has 2 N–H and O–H groups in total. The highest BCUT2D eigenvalue weighted by Gasteiger charge is 2.34. The number of hydrogen-bond donors (Lipinski definition) is 2. The third kappa shape index (κ3) is 2.31. The number of benzene rings is 3. The van der Waals surface area contributed by atoms with E-state index in [0.29, 0.717) is 0 Å². The van der Waals surface area contributed by atoms with Crippen LogP contribution in [0.1, 0.15) is 5.56 Å². The Kier molecular flexibility index (Phi) is 3.27. The van der Waals surface area contributed by atoms with E-state index in [1.807, 2.05) is 48.5 Å². The summed E-state index contributed by atoms with van der Waals surface area (Å²) in [7, 11) is 0. The molecule has 1 aliphatic rings. The lowest BCUT2D eigenvalue weighted by molar-refractivity contribution is -0.135. The Hall–Kier alpha value is -3.21. The smallest absolute Gasteiger partial charge is 0.277 e. The van der Waals surface area contributed by atoms with Crippen molar-refractivity contribution in [1.29, 1.82) is 0 Å². The van der Waals surface area contributed by atoms with Crippen LogP contribution in [-0.2, 0) is 16.0 Å². The molecule has 5 heteroatoms. The highest BCUT2D eigenvalue weighted by atomic mass is 16.2. The van der Waals surface area contributed by atoms with E-state index in [2.05, 4.69) is 16.7 Å². The molecular weight excluding hydrogens is 304 g/mol. The van der Waals surface area contributed by atoms with Crippen LogP contribution in [0.25, 0.3) is 21.5 Å². The minimum Gasteiger partial charge on any atom is -0.277 e. The van der Waals surface area contributed by atoms with Crippen molar-refractivity contribution in [2.24, 2.45) is 5.92 Å². The predicted molar refractivity (Wildman–Crippen MR) is 90.3 cm³/mol. The average molecular weight is 318 g/mol. The van der Waals surface area contributed by atoms with Crippen LogP contribution >= 0.6 is 0 Å². The molecule has 0 radical (unpaired) electrons. The molecule has 3 aromatic carbocycles. The normalized spacial score (nSPS) is 15.6. The maximum atomic E-state index is 12.0. The van der Waals surface area contributed by atoms with Crippen molar-refractivity contribution >= 4 is 39.4 Å². The zero-order valence-electron chi connectivity index (χ0n) is 12.7. The van der Waals surface area contributed by atoms with E-state index >= 15 is 0 Å². The van der Waals surface area contributed by atoms with Crippen LogP contribution in [-0.4, -0.2) is 17.8 Å². The van der Waals surface area contributed by atoms with Crippen molar-refractivity contribution in [3.8, 4) is 0 Å². The van der Waals surface area contributed by atoms with Crippen molar-refractivity contribution in [3.05, 3.63) is 60.2 Å². The van der Waals surface area contributed by atoms with Crippen molar-refractivity contribution in [1.82, 2.24) is 10.6 Å². The fourth-order valence-corrected chi connectivity index (χ4v) is 3.25. The van der Waals surface area contributed by atoms with Crippen LogP contribution in [0.15, 0.2) is 54.6 Å². The molecule has 0 spiro atoms. The van der Waals surface area contributed by atoms with Crippen molar-refractivity contribution in [3.63, 3.8) is 0 Å². The highest BCUT2D eigenvalue weighted by Crippen LogP contribution is 2.30. The minimum atomic E-state index is -0.910. The Labute approximate surface area is 137 Å². The van der Waals surface area contributed by atoms with Crippen molar-refractivity contribution in [2.45, 2.75) is 6.42 Å². The summed E-state index contributed by atoms with van der Waals surface area (Å²) in [5.41, 5.74) is 0.911. The van der Waals surface area contributed by atoms with Gasteiger partial charge in [0.15, 0.2) is 0 Å². The molecule has 0 aromatic heterocycles. The van der Waals surface area contributed by atoms with Gasteiger partial charge in [0, 0.05) is 0 Å². The first-order valence-corrected chi connectivity index (χ1v) is 7.68. The van der Waals surface area contributed by atoms with Gasteiger partial charge in [-0.2, -0.15) is 0 Å². The van der Waals surface area contributed by atoms with Gasteiger partial charge in [0.1, 0.15) is 5.92 Å². The number of rotatable bonds is 2. The number of urea groups is 1. The second-order valence-corrected chi connectivity index (χ2v) is 5.87. The fraction of sp³-hybridized carbons (Fsp3) is 0.105. The average Bonchev–Trinajstić information content (AvgIpc) is 2.58. The molecule has 1 fully saturated rings. The maximum absolute atomic E-state index is 12.0. The summed E-state index contributed by atoms with van der Waals surface area (Å²) in [6.45, 7) is 0. The van der Waals surface area contributed by atoms with Gasteiger partial charge in [0.25, 0.3) is 0 Å². The Morgan fingerprint density at radius 2 is 1.33 bits per heavy atom. The second-order valence-electron chi connectivity index (χ2n) is 5.87. The van der Waals surface area contributed by atoms with Crippen LogP contribution in [0.5, 0.6) is 0 Å². The summed E-state index contributed by atoms with van der Waals surface area (Å²) >= 11 is 0. The van der Waals surface area contributed by atoms with E-state index in [1.165, 1.54) is 0 Å². The lowest BCUT2D eigenvalue weighted by Gasteiger charge is -2.21. The standard InChI is InChI=1S/C19H14N2O3/c22-17-16(18(23)21-19(24)20-17)10-12-9-11-5-1-2-6-13(11)15-8-4-3-7-14(12)15/h1-9,16H,10H2,(H2,20,21,22,23,24). The SMILES string of the molecule is O=C1NC(=O)C(Cc2cc3ccccc3c3ccccc23)C(=O)N1. The van der Waals surface area contributed by atoms with E-state index in [9.17, 15) is 14.4 Å². The Morgan fingerprint density at radius 3 is 2.04 bits per heavy atom. The Morgan fingerprint density at radius 1 is 0.750 bits per heavy atom. The molecule has 1 saturated heterocycles. The van der Waals surface area contributed by atoms with Gasteiger partial charge in [-0.3, -0.25) is 20.2 Å². The van der Waals surface area contributed by atoms with E-state index in [-0.39, 0.29) is 6.42 Å². The largest absolute Gasteiger partial charge is 0.328 e. The Bertz CT molecular complexity index is 990. The minimum absolute atomic E-state index is 0.246. The number of barbiturate groups is 1. The molecule has 0 atom stereocenters. The molecule has 24 heavy (non-hydrogen) atoms. The van der Waals surface area contributed by atoms with E-state index in [1.54, 1.807) is 0 Å². The van der Waals surface area contributed by atoms with E-state index < -0.39 is 23.8 Å². The lowest BCUT2D eigenvalue weighted by Crippen LogP contribution is -2.56. The van der Waals surface area contributed by atoms with Gasteiger partial charge in [-0.25, -0.2) is 4.79 Å². The monoisotopic (exact) mass is 318 g/mol. The van der Waals surface area contributed by atoms with Gasteiger partial charge in [0.05, 0.1) is 0 Å². The molecule has 0 unspecified atom stereocenters. The summed E-state index contributed by atoms with van der Waals surface area (Å²) in [5, 5.41) is 8.58. The number of imide groups is 2. The van der Waals surface area contributed by atoms with Crippen LogP contribution in [0.2, 0.25) is 0 Å². The molecular formula is C19H14N2O3. The first kappa shape index (κ1) is 14.4. The second kappa shape index (κ2) is 5.45. The maximum Gasteiger partial charge on any atom is 0.328 e. The number of carbonyl (C=O) groups is 3. The number of carbonyl (C=O) groups excluding carboxylic acids is 3. The zero-order chi connectivity index (χ0) is 16.7. The number of nitrogens with one attached hydrogen (secondary N) is 2. The summed E-state index contributed by atoms with van der Waals surface area (Å²) in [5.74, 6) is -2.02. The molecule has 1 aliphatic heterocycles. The molecule has 3 aromatic rings. The molecule has 5 nitrogen and oxygen atoms in total. The first-order valence-electron chi connectivity index (χ1n) is 7.68. The van der Waals surface area contributed by atoms with Crippen molar-refractivity contribution in [2.75, 3.05) is 0 Å². The zero-order valence-corrected chi connectivity index (χ0v) is 12.7. The molecule has 0 saturated carbocycles. The third-order valence-corrected chi connectivity index (χ3v) is 4.38.